The van der Waals surface area contributed by atoms with Crippen molar-refractivity contribution in [2.75, 3.05) is 26.8 Å². The highest BCUT2D eigenvalue weighted by Gasteiger charge is 2.28. The van der Waals surface area contributed by atoms with Crippen LogP contribution in [0.3, 0.4) is 0 Å². The van der Waals surface area contributed by atoms with E-state index in [4.69, 9.17) is 4.42 Å². The average molecular weight is 306 g/mol. The number of hydrogen-bond donors (Lipinski definition) is 2. The second kappa shape index (κ2) is 5.66. The number of aliphatic hydroxyl groups excluding tert-OH is 2. The minimum atomic E-state index is -0.719. The maximum absolute atomic E-state index is 12.0. The smallest absolute Gasteiger partial charge is 0.290 e. The number of aliphatic hydroxyl groups is 2. The van der Waals surface area contributed by atoms with Crippen molar-refractivity contribution in [3.63, 3.8) is 0 Å². The van der Waals surface area contributed by atoms with Gasteiger partial charge in [0.25, 0.3) is 5.91 Å². The number of carbonyl (C=O) groups excluding carboxylic acids is 1. The van der Waals surface area contributed by atoms with E-state index in [1.54, 1.807) is 20.0 Å². The minimum absolute atomic E-state index is 0.194. The van der Waals surface area contributed by atoms with Crippen LogP contribution in [0.2, 0.25) is 0 Å². The molecule has 0 radical (unpaired) electrons. The van der Waals surface area contributed by atoms with Crippen LogP contribution in [0.1, 0.15) is 17.5 Å². The summed E-state index contributed by atoms with van der Waals surface area (Å²) >= 11 is 3.21. The number of carbonyl (C=O) groups is 1. The van der Waals surface area contributed by atoms with Gasteiger partial charge in [0, 0.05) is 19.0 Å². The average Bonchev–Trinajstić information content (AvgIpc) is 2.74. The quantitative estimate of drug-likeness (QED) is 0.854. The lowest BCUT2D eigenvalue weighted by Crippen LogP contribution is -2.41. The van der Waals surface area contributed by atoms with Crippen LogP contribution in [-0.4, -0.2) is 47.8 Å². The standard InChI is InChI=1S/C11H16BrNO4/c1-11(6-14,7-15)5-13(2)10(16)9-8(12)3-4-17-9/h3-4,14-15H,5-7H2,1-2H3. The first-order valence-electron chi connectivity index (χ1n) is 5.14. The van der Waals surface area contributed by atoms with Gasteiger partial charge in [-0.2, -0.15) is 0 Å². The molecule has 1 heterocycles. The predicted octanol–water partition coefficient (Wildman–Crippen LogP) is 1.10. The van der Waals surface area contributed by atoms with E-state index in [9.17, 15) is 15.0 Å². The lowest BCUT2D eigenvalue weighted by molar-refractivity contribution is 0.0351. The molecule has 17 heavy (non-hydrogen) atoms. The Hall–Kier alpha value is -0.850. The molecule has 0 saturated heterocycles. The second-order valence-corrected chi connectivity index (χ2v) is 5.24. The Labute approximate surface area is 108 Å². The fraction of sp³-hybridized carbons (Fsp3) is 0.545. The van der Waals surface area contributed by atoms with Gasteiger partial charge in [0.15, 0.2) is 0 Å². The van der Waals surface area contributed by atoms with Crippen molar-refractivity contribution in [1.29, 1.82) is 0 Å². The Balaban J connectivity index is 2.75. The zero-order chi connectivity index (χ0) is 13.1. The molecule has 0 saturated carbocycles. The Bertz CT molecular complexity index is 387. The number of furan rings is 1. The molecule has 1 rings (SSSR count). The van der Waals surface area contributed by atoms with Crippen LogP contribution in [-0.2, 0) is 0 Å². The van der Waals surface area contributed by atoms with Crippen molar-refractivity contribution < 1.29 is 19.4 Å². The van der Waals surface area contributed by atoms with E-state index < -0.39 is 5.41 Å². The molecule has 0 fully saturated rings. The fourth-order valence-electron chi connectivity index (χ4n) is 1.41. The largest absolute Gasteiger partial charge is 0.458 e. The molecule has 0 aliphatic rings. The van der Waals surface area contributed by atoms with E-state index in [1.165, 1.54) is 11.2 Å². The van der Waals surface area contributed by atoms with Crippen LogP contribution in [0.15, 0.2) is 21.2 Å². The van der Waals surface area contributed by atoms with E-state index in [-0.39, 0.29) is 31.4 Å². The molecule has 0 unspecified atom stereocenters. The van der Waals surface area contributed by atoms with E-state index in [1.807, 2.05) is 0 Å². The van der Waals surface area contributed by atoms with Crippen molar-refractivity contribution in [2.24, 2.45) is 5.41 Å². The summed E-state index contributed by atoms with van der Waals surface area (Å²) in [7, 11) is 1.60. The summed E-state index contributed by atoms with van der Waals surface area (Å²) in [5.41, 5.74) is -0.719. The number of nitrogens with zero attached hydrogens (tertiary/aromatic N) is 1. The van der Waals surface area contributed by atoms with Crippen molar-refractivity contribution in [3.8, 4) is 0 Å². The number of halogens is 1. The summed E-state index contributed by atoms with van der Waals surface area (Å²) < 4.78 is 5.65. The van der Waals surface area contributed by atoms with Gasteiger partial charge in [0.1, 0.15) is 0 Å². The lowest BCUT2D eigenvalue weighted by Gasteiger charge is -2.29. The third kappa shape index (κ3) is 3.31. The van der Waals surface area contributed by atoms with Gasteiger partial charge in [-0.15, -0.1) is 0 Å². The number of amides is 1. The highest BCUT2D eigenvalue weighted by Crippen LogP contribution is 2.21. The molecule has 0 atom stereocenters. The van der Waals surface area contributed by atoms with Crippen LogP contribution < -0.4 is 0 Å². The molecule has 1 aromatic rings. The first-order chi connectivity index (χ1) is 7.93. The van der Waals surface area contributed by atoms with Crippen LogP contribution in [0.4, 0.5) is 0 Å². The molecular formula is C11H16BrNO4. The summed E-state index contributed by atoms with van der Waals surface area (Å²) in [5.74, 6) is -0.0827. The van der Waals surface area contributed by atoms with Crippen molar-refractivity contribution in [2.45, 2.75) is 6.92 Å². The van der Waals surface area contributed by atoms with Crippen molar-refractivity contribution in [1.82, 2.24) is 4.90 Å². The third-order valence-corrected chi connectivity index (χ3v) is 3.16. The summed E-state index contributed by atoms with van der Waals surface area (Å²) in [6.45, 7) is 1.56. The molecule has 0 spiro atoms. The van der Waals surface area contributed by atoms with E-state index in [0.717, 1.165) is 0 Å². The van der Waals surface area contributed by atoms with E-state index >= 15 is 0 Å². The highest BCUT2D eigenvalue weighted by molar-refractivity contribution is 9.10. The molecule has 6 heteroatoms. The molecule has 0 aliphatic heterocycles. The predicted molar refractivity (Wildman–Crippen MR) is 65.6 cm³/mol. The first-order valence-corrected chi connectivity index (χ1v) is 5.93. The second-order valence-electron chi connectivity index (χ2n) is 4.39. The van der Waals surface area contributed by atoms with E-state index in [0.29, 0.717) is 4.47 Å². The summed E-state index contributed by atoms with van der Waals surface area (Å²) in [5, 5.41) is 18.3. The Morgan fingerprint density at radius 3 is 2.53 bits per heavy atom. The topological polar surface area (TPSA) is 73.9 Å². The van der Waals surface area contributed by atoms with E-state index in [2.05, 4.69) is 15.9 Å². The maximum atomic E-state index is 12.0. The molecule has 1 aromatic heterocycles. The first kappa shape index (κ1) is 14.2. The molecule has 96 valence electrons. The molecule has 0 aliphatic carbocycles. The van der Waals surface area contributed by atoms with Crippen LogP contribution in [0.25, 0.3) is 0 Å². The third-order valence-electron chi connectivity index (χ3n) is 2.54. The van der Waals surface area contributed by atoms with Gasteiger partial charge < -0.3 is 19.5 Å². The Kier molecular flexibility index (Phi) is 4.73. The molecule has 1 amide bonds. The molecular weight excluding hydrogens is 290 g/mol. The van der Waals surface area contributed by atoms with Gasteiger partial charge in [-0.3, -0.25) is 4.79 Å². The number of rotatable bonds is 5. The highest BCUT2D eigenvalue weighted by atomic mass is 79.9. The zero-order valence-electron chi connectivity index (χ0n) is 9.81. The Morgan fingerprint density at radius 1 is 1.53 bits per heavy atom. The fourth-order valence-corrected chi connectivity index (χ4v) is 1.79. The monoisotopic (exact) mass is 305 g/mol. The van der Waals surface area contributed by atoms with Crippen molar-refractivity contribution >= 4 is 21.8 Å². The van der Waals surface area contributed by atoms with Crippen LogP contribution in [0, 0.1) is 5.41 Å². The van der Waals surface area contributed by atoms with Gasteiger partial charge in [-0.1, -0.05) is 6.92 Å². The normalized spacial score (nSPS) is 11.6. The minimum Gasteiger partial charge on any atom is -0.458 e. The van der Waals surface area contributed by atoms with Crippen LogP contribution >= 0.6 is 15.9 Å². The zero-order valence-corrected chi connectivity index (χ0v) is 11.4. The summed E-state index contributed by atoms with van der Waals surface area (Å²) in [6, 6.07) is 1.64. The maximum Gasteiger partial charge on any atom is 0.290 e. The van der Waals surface area contributed by atoms with Gasteiger partial charge in [-0.05, 0) is 22.0 Å². The van der Waals surface area contributed by atoms with Gasteiger partial charge in [0.2, 0.25) is 5.76 Å². The summed E-state index contributed by atoms with van der Waals surface area (Å²) in [4.78, 5) is 13.4. The van der Waals surface area contributed by atoms with Crippen molar-refractivity contribution in [3.05, 3.63) is 22.6 Å². The van der Waals surface area contributed by atoms with Gasteiger partial charge in [-0.25, -0.2) is 0 Å². The summed E-state index contributed by atoms with van der Waals surface area (Å²) in [6.07, 6.45) is 1.42. The van der Waals surface area contributed by atoms with Crippen LogP contribution in [0.5, 0.6) is 0 Å². The number of hydrogen-bond acceptors (Lipinski definition) is 4. The molecule has 0 aromatic carbocycles. The van der Waals surface area contributed by atoms with Gasteiger partial charge >= 0.3 is 0 Å². The lowest BCUT2D eigenvalue weighted by atomic mass is 9.92. The van der Waals surface area contributed by atoms with Gasteiger partial charge in [0.05, 0.1) is 23.9 Å². The molecule has 5 nitrogen and oxygen atoms in total. The SMILES string of the molecule is CN(CC(C)(CO)CO)C(=O)c1occc1Br. The molecule has 0 bridgehead atoms. The molecule has 2 N–H and O–H groups in total. The Morgan fingerprint density at radius 2 is 2.12 bits per heavy atom.